The molecule has 3 heterocycles. The summed E-state index contributed by atoms with van der Waals surface area (Å²) in [5.41, 5.74) is 3.91. The van der Waals surface area contributed by atoms with Gasteiger partial charge in [-0.25, -0.2) is 0 Å². The van der Waals surface area contributed by atoms with Crippen LogP contribution >= 0.6 is 0 Å². The van der Waals surface area contributed by atoms with Crippen LogP contribution in [0.15, 0.2) is 42.6 Å². The van der Waals surface area contributed by atoms with Crippen LogP contribution in [-0.2, 0) is 24.4 Å². The molecule has 0 spiro atoms. The highest BCUT2D eigenvalue weighted by Gasteiger charge is 2.23. The first-order chi connectivity index (χ1) is 13.5. The molecule has 7 heteroatoms. The Morgan fingerprint density at radius 1 is 1.25 bits per heavy atom. The van der Waals surface area contributed by atoms with Crippen LogP contribution in [0.1, 0.15) is 29.5 Å². The van der Waals surface area contributed by atoms with E-state index >= 15 is 0 Å². The summed E-state index contributed by atoms with van der Waals surface area (Å²) in [7, 11) is 3.38. The molecule has 1 N–H and O–H groups in total. The number of benzene rings is 1. The molecule has 2 aromatic heterocycles. The summed E-state index contributed by atoms with van der Waals surface area (Å²) >= 11 is 0. The maximum Gasteiger partial charge on any atom is 0.225 e. The molecule has 0 radical (unpaired) electrons. The number of amides is 1. The fourth-order valence-corrected chi connectivity index (χ4v) is 3.64. The summed E-state index contributed by atoms with van der Waals surface area (Å²) < 4.78 is 1.94. The zero-order valence-electron chi connectivity index (χ0n) is 16.2. The summed E-state index contributed by atoms with van der Waals surface area (Å²) in [6, 6.07) is 12.2. The molecule has 1 aliphatic rings. The first-order valence-electron chi connectivity index (χ1n) is 9.51. The molecular weight excluding hydrogens is 354 g/mol. The van der Waals surface area contributed by atoms with Crippen molar-refractivity contribution in [3.05, 3.63) is 59.5 Å². The topological polar surface area (TPSA) is 74.5 Å². The fraction of sp³-hybridized carbons (Fsp3) is 0.381. The second kappa shape index (κ2) is 7.69. The Morgan fingerprint density at radius 3 is 2.93 bits per heavy atom. The molecular formula is C21H25N5O2. The van der Waals surface area contributed by atoms with Crippen molar-refractivity contribution in [3.63, 3.8) is 0 Å². The largest absolute Gasteiger partial charge is 0.386 e. The Morgan fingerprint density at radius 2 is 2.11 bits per heavy atom. The molecule has 3 aromatic rings. The van der Waals surface area contributed by atoms with Crippen molar-refractivity contribution in [2.45, 2.75) is 32.2 Å². The molecule has 0 fully saturated rings. The zero-order valence-corrected chi connectivity index (χ0v) is 16.2. The summed E-state index contributed by atoms with van der Waals surface area (Å²) in [4.78, 5) is 20.1. The summed E-state index contributed by atoms with van der Waals surface area (Å²) in [6.07, 6.45) is 1.00. The Bertz CT molecular complexity index is 992. The number of aliphatic hydroxyl groups is 1. The van der Waals surface area contributed by atoms with Gasteiger partial charge in [0.05, 0.1) is 29.9 Å². The van der Waals surface area contributed by atoms with Gasteiger partial charge in [-0.1, -0.05) is 18.2 Å². The minimum absolute atomic E-state index is 0.0518. The highest BCUT2D eigenvalue weighted by molar-refractivity contribution is 5.81. The summed E-state index contributed by atoms with van der Waals surface area (Å²) in [5, 5.41) is 16.1. The van der Waals surface area contributed by atoms with Gasteiger partial charge < -0.3 is 10.0 Å². The first kappa shape index (κ1) is 18.6. The molecule has 7 nitrogen and oxygen atoms in total. The van der Waals surface area contributed by atoms with Crippen molar-refractivity contribution >= 4 is 16.8 Å². The molecule has 0 aliphatic carbocycles. The van der Waals surface area contributed by atoms with Gasteiger partial charge in [0.15, 0.2) is 0 Å². The van der Waals surface area contributed by atoms with E-state index in [4.69, 9.17) is 0 Å². The van der Waals surface area contributed by atoms with Crippen molar-refractivity contribution in [2.75, 3.05) is 20.6 Å². The van der Waals surface area contributed by atoms with Gasteiger partial charge in [-0.2, -0.15) is 5.10 Å². The summed E-state index contributed by atoms with van der Waals surface area (Å²) in [6.45, 7) is 3.26. The lowest BCUT2D eigenvalue weighted by molar-refractivity contribution is -0.130. The molecule has 0 saturated carbocycles. The predicted octanol–water partition coefficient (Wildman–Crippen LogP) is 1.96. The van der Waals surface area contributed by atoms with E-state index in [1.54, 1.807) is 14.1 Å². The lowest BCUT2D eigenvalue weighted by Gasteiger charge is -2.27. The number of nitrogens with zero attached hydrogens (tertiary/aromatic N) is 5. The summed E-state index contributed by atoms with van der Waals surface area (Å²) in [5.74, 6) is -0.107. The second-order valence-electron chi connectivity index (χ2n) is 7.49. The molecule has 0 saturated heterocycles. The lowest BCUT2D eigenvalue weighted by Crippen LogP contribution is -2.33. The predicted molar refractivity (Wildman–Crippen MR) is 106 cm³/mol. The molecule has 0 unspecified atom stereocenters. The number of carbonyl (C=O) groups is 1. The van der Waals surface area contributed by atoms with E-state index in [9.17, 15) is 9.90 Å². The third kappa shape index (κ3) is 3.76. The average molecular weight is 379 g/mol. The van der Waals surface area contributed by atoms with E-state index < -0.39 is 6.10 Å². The van der Waals surface area contributed by atoms with Crippen LogP contribution in [0.2, 0.25) is 0 Å². The molecule has 28 heavy (non-hydrogen) atoms. The smallest absolute Gasteiger partial charge is 0.225 e. The third-order valence-electron chi connectivity index (χ3n) is 5.23. The van der Waals surface area contributed by atoms with Crippen LogP contribution in [0.5, 0.6) is 0 Å². The van der Waals surface area contributed by atoms with E-state index in [1.807, 2.05) is 29.1 Å². The standard InChI is InChI=1S/C21H25N5O2/c1-24(2)21(28)12-20(27)19-11-16-14-25(9-10-26(16)23-19)13-15-5-3-7-18-17(15)6-4-8-22-18/h3-8,11,20,27H,9-10,12-14H2,1-2H3/t20-/m0/s1. The Hall–Kier alpha value is -2.77. The number of aromatic nitrogens is 3. The lowest BCUT2D eigenvalue weighted by atomic mass is 10.1. The van der Waals surface area contributed by atoms with Gasteiger partial charge >= 0.3 is 0 Å². The van der Waals surface area contributed by atoms with E-state index in [2.05, 4.69) is 33.2 Å². The SMILES string of the molecule is CN(C)C(=O)C[C@H](O)c1cc2n(n1)CCN(Cc1cccc3ncccc13)C2. The third-order valence-corrected chi connectivity index (χ3v) is 5.23. The van der Waals surface area contributed by atoms with Crippen LogP contribution < -0.4 is 0 Å². The maximum atomic E-state index is 11.9. The van der Waals surface area contributed by atoms with Gasteiger partial charge in [0.25, 0.3) is 0 Å². The molecule has 1 aromatic carbocycles. The minimum atomic E-state index is -0.870. The number of rotatable bonds is 5. The average Bonchev–Trinajstić information content (AvgIpc) is 3.12. The highest BCUT2D eigenvalue weighted by Crippen LogP contribution is 2.23. The van der Waals surface area contributed by atoms with Gasteiger partial charge in [0.1, 0.15) is 6.10 Å². The van der Waals surface area contributed by atoms with Gasteiger partial charge in [0, 0.05) is 45.3 Å². The number of hydrogen-bond acceptors (Lipinski definition) is 5. The molecule has 1 aliphatic heterocycles. The normalized spacial score (nSPS) is 15.4. The second-order valence-corrected chi connectivity index (χ2v) is 7.49. The quantitative estimate of drug-likeness (QED) is 0.734. The molecule has 1 amide bonds. The van der Waals surface area contributed by atoms with Crippen molar-refractivity contribution in [1.29, 1.82) is 0 Å². The molecule has 146 valence electrons. The zero-order chi connectivity index (χ0) is 19.7. The van der Waals surface area contributed by atoms with Crippen molar-refractivity contribution in [2.24, 2.45) is 0 Å². The fourth-order valence-electron chi connectivity index (χ4n) is 3.64. The van der Waals surface area contributed by atoms with E-state index in [1.165, 1.54) is 15.8 Å². The van der Waals surface area contributed by atoms with E-state index in [-0.39, 0.29) is 12.3 Å². The number of carbonyl (C=O) groups excluding carboxylic acids is 1. The Labute approximate surface area is 164 Å². The Balaban J connectivity index is 1.48. The van der Waals surface area contributed by atoms with Gasteiger partial charge in [-0.3, -0.25) is 19.4 Å². The monoisotopic (exact) mass is 379 g/mol. The van der Waals surface area contributed by atoms with Gasteiger partial charge in [0.2, 0.25) is 5.91 Å². The van der Waals surface area contributed by atoms with Crippen molar-refractivity contribution in [1.82, 2.24) is 24.6 Å². The van der Waals surface area contributed by atoms with Crippen LogP contribution in [0, 0.1) is 0 Å². The number of hydrogen-bond donors (Lipinski definition) is 1. The van der Waals surface area contributed by atoms with Crippen LogP contribution in [0.4, 0.5) is 0 Å². The highest BCUT2D eigenvalue weighted by atomic mass is 16.3. The van der Waals surface area contributed by atoms with Crippen LogP contribution in [0.3, 0.4) is 0 Å². The first-order valence-corrected chi connectivity index (χ1v) is 9.51. The molecule has 4 rings (SSSR count). The number of pyridine rings is 1. The molecule has 1 atom stereocenters. The van der Waals surface area contributed by atoms with E-state index in [0.29, 0.717) is 5.69 Å². The Kier molecular flexibility index (Phi) is 5.11. The van der Waals surface area contributed by atoms with Crippen LogP contribution in [0.25, 0.3) is 10.9 Å². The van der Waals surface area contributed by atoms with Crippen molar-refractivity contribution in [3.8, 4) is 0 Å². The maximum absolute atomic E-state index is 11.9. The minimum Gasteiger partial charge on any atom is -0.386 e. The van der Waals surface area contributed by atoms with E-state index in [0.717, 1.165) is 37.4 Å². The van der Waals surface area contributed by atoms with Crippen LogP contribution in [-0.4, -0.2) is 56.2 Å². The van der Waals surface area contributed by atoms with Crippen molar-refractivity contribution < 1.29 is 9.90 Å². The number of fused-ring (bicyclic) bond motifs is 2. The van der Waals surface area contributed by atoms with Gasteiger partial charge in [-0.15, -0.1) is 0 Å². The molecule has 0 bridgehead atoms. The van der Waals surface area contributed by atoms with Gasteiger partial charge in [-0.05, 0) is 23.8 Å². The number of aliphatic hydroxyl groups excluding tert-OH is 1.